The molecule has 3 aromatic rings. The van der Waals surface area contributed by atoms with Crippen molar-refractivity contribution in [2.24, 2.45) is 0 Å². The first-order valence-corrected chi connectivity index (χ1v) is 7.82. The summed E-state index contributed by atoms with van der Waals surface area (Å²) in [6.07, 6.45) is 3.80. The monoisotopic (exact) mass is 345 g/mol. The van der Waals surface area contributed by atoms with Gasteiger partial charge in [-0.05, 0) is 36.2 Å². The van der Waals surface area contributed by atoms with Crippen LogP contribution in [0.5, 0.6) is 5.88 Å². The molecule has 2 heterocycles. The first kappa shape index (κ1) is 15.0. The molecule has 122 valence electrons. The lowest BCUT2D eigenvalue weighted by atomic mass is 10.1. The molecule has 0 radical (unpaired) electrons. The van der Waals surface area contributed by atoms with Crippen LogP contribution in [0.15, 0.2) is 47.5 Å². The van der Waals surface area contributed by atoms with E-state index in [0.29, 0.717) is 5.69 Å². The van der Waals surface area contributed by atoms with E-state index in [2.05, 4.69) is 9.97 Å². The molecule has 4 rings (SSSR count). The molecule has 24 heavy (non-hydrogen) atoms. The fourth-order valence-electron chi connectivity index (χ4n) is 2.97. The van der Waals surface area contributed by atoms with Gasteiger partial charge in [0.1, 0.15) is 5.82 Å². The predicted molar refractivity (Wildman–Crippen MR) is 87.8 cm³/mol. The molecule has 1 aliphatic rings. The van der Waals surface area contributed by atoms with Crippen molar-refractivity contribution < 1.29 is 9.50 Å². The second kappa shape index (κ2) is 5.49. The van der Waals surface area contributed by atoms with Crippen LogP contribution >= 0.6 is 11.6 Å². The van der Waals surface area contributed by atoms with Crippen LogP contribution in [0.4, 0.5) is 4.39 Å². The minimum absolute atomic E-state index is 0.0574. The van der Waals surface area contributed by atoms with E-state index in [9.17, 15) is 14.3 Å². The smallest absolute Gasteiger partial charge is 0.328 e. The number of aromatic nitrogens is 3. The zero-order valence-electron chi connectivity index (χ0n) is 12.4. The highest BCUT2D eigenvalue weighted by molar-refractivity contribution is 6.31. The quantitative estimate of drug-likeness (QED) is 0.763. The number of pyridine rings is 1. The summed E-state index contributed by atoms with van der Waals surface area (Å²) in [6, 6.07) is 8.19. The Kier molecular flexibility index (Phi) is 3.42. The molecular weight excluding hydrogens is 333 g/mol. The number of hydrogen-bond donors (Lipinski definition) is 2. The molecule has 1 aromatic carbocycles. The zero-order valence-corrected chi connectivity index (χ0v) is 13.2. The summed E-state index contributed by atoms with van der Waals surface area (Å²) < 4.78 is 14.6. The topological polar surface area (TPSA) is 70.9 Å². The number of H-pyrrole nitrogens is 1. The standard InChI is InChI=1S/C17H13ClFN3O2/c18-12-5-9(1-3-13(12)19)14-4-2-10(7-20-14)11-6-15(11)22-16(23)8-21-17(22)24/h1-5,7-8,11,15,23H,6H2,(H,21,24)/t11-,15+/m1/s1. The molecule has 0 bridgehead atoms. The van der Waals surface area contributed by atoms with Crippen LogP contribution in [0, 0.1) is 5.82 Å². The highest BCUT2D eigenvalue weighted by Gasteiger charge is 2.42. The molecule has 7 heteroatoms. The first-order valence-electron chi connectivity index (χ1n) is 7.45. The Balaban J connectivity index is 1.57. The first-order chi connectivity index (χ1) is 11.5. The summed E-state index contributed by atoms with van der Waals surface area (Å²) in [5, 5.41) is 9.78. The molecule has 0 saturated heterocycles. The lowest BCUT2D eigenvalue weighted by molar-refractivity contribution is 0.413. The van der Waals surface area contributed by atoms with Gasteiger partial charge in [-0.2, -0.15) is 0 Å². The SMILES string of the molecule is O=c1[nH]cc(O)n1[C@H]1C[C@@H]1c1ccc(-c2ccc(F)c(Cl)c2)nc1. The van der Waals surface area contributed by atoms with Gasteiger partial charge in [0, 0.05) is 23.7 Å². The molecule has 0 amide bonds. The number of halogens is 2. The van der Waals surface area contributed by atoms with Crippen molar-refractivity contribution in [3.05, 3.63) is 69.6 Å². The van der Waals surface area contributed by atoms with Crippen molar-refractivity contribution in [1.82, 2.24) is 14.5 Å². The van der Waals surface area contributed by atoms with E-state index in [1.54, 1.807) is 12.3 Å². The number of nitrogens with zero attached hydrogens (tertiary/aromatic N) is 2. The molecule has 0 spiro atoms. The Morgan fingerprint density at radius 3 is 2.79 bits per heavy atom. The fraction of sp³-hybridized carbons (Fsp3) is 0.176. The zero-order chi connectivity index (χ0) is 16.8. The summed E-state index contributed by atoms with van der Waals surface area (Å²) in [5.41, 5.74) is 2.11. The van der Waals surface area contributed by atoms with Crippen molar-refractivity contribution >= 4 is 11.6 Å². The largest absolute Gasteiger partial charge is 0.493 e. The van der Waals surface area contributed by atoms with Gasteiger partial charge in [0.25, 0.3) is 0 Å². The van der Waals surface area contributed by atoms with Crippen LogP contribution in [-0.2, 0) is 0 Å². The Labute approximate surface area is 141 Å². The van der Waals surface area contributed by atoms with Crippen molar-refractivity contribution in [1.29, 1.82) is 0 Å². The van der Waals surface area contributed by atoms with Crippen LogP contribution in [0.1, 0.15) is 23.9 Å². The minimum Gasteiger partial charge on any atom is -0.493 e. The number of rotatable bonds is 3. The third-order valence-corrected chi connectivity index (χ3v) is 4.60. The van der Waals surface area contributed by atoms with Crippen molar-refractivity contribution in [3.8, 4) is 17.1 Å². The minimum atomic E-state index is -0.463. The summed E-state index contributed by atoms with van der Waals surface area (Å²) in [4.78, 5) is 18.6. The van der Waals surface area contributed by atoms with Crippen LogP contribution < -0.4 is 5.69 Å². The van der Waals surface area contributed by atoms with E-state index >= 15 is 0 Å². The number of benzene rings is 1. The molecule has 2 N–H and O–H groups in total. The molecule has 0 unspecified atom stereocenters. The van der Waals surface area contributed by atoms with Gasteiger partial charge in [-0.3, -0.25) is 9.55 Å². The number of hydrogen-bond acceptors (Lipinski definition) is 3. The maximum Gasteiger partial charge on any atom is 0.328 e. The predicted octanol–water partition coefficient (Wildman–Crippen LogP) is 3.47. The van der Waals surface area contributed by atoms with Crippen LogP contribution in [0.2, 0.25) is 5.02 Å². The maximum absolute atomic E-state index is 13.2. The average Bonchev–Trinajstić information content (AvgIpc) is 3.29. The Hall–Kier alpha value is -2.60. The second-order valence-electron chi connectivity index (χ2n) is 5.84. The van der Waals surface area contributed by atoms with Gasteiger partial charge >= 0.3 is 5.69 Å². The number of nitrogens with one attached hydrogen (secondary N) is 1. The van der Waals surface area contributed by atoms with Crippen LogP contribution in [0.3, 0.4) is 0 Å². The number of imidazole rings is 1. The van der Waals surface area contributed by atoms with E-state index in [0.717, 1.165) is 17.5 Å². The fourth-order valence-corrected chi connectivity index (χ4v) is 3.15. The molecule has 2 atom stereocenters. The average molecular weight is 346 g/mol. The van der Waals surface area contributed by atoms with E-state index < -0.39 is 5.82 Å². The third kappa shape index (κ3) is 2.49. The Morgan fingerprint density at radius 1 is 1.33 bits per heavy atom. The lowest BCUT2D eigenvalue weighted by Gasteiger charge is -2.05. The molecule has 0 aliphatic heterocycles. The van der Waals surface area contributed by atoms with Gasteiger partial charge in [-0.25, -0.2) is 9.18 Å². The van der Waals surface area contributed by atoms with Crippen LogP contribution in [0.25, 0.3) is 11.3 Å². The summed E-state index contributed by atoms with van der Waals surface area (Å²) in [5.74, 6) is -0.379. The van der Waals surface area contributed by atoms with Gasteiger partial charge in [0.2, 0.25) is 5.88 Å². The van der Waals surface area contributed by atoms with Gasteiger partial charge in [0.15, 0.2) is 0 Å². The van der Waals surface area contributed by atoms with Gasteiger partial charge in [-0.1, -0.05) is 17.7 Å². The van der Waals surface area contributed by atoms with E-state index in [-0.39, 0.29) is 28.6 Å². The lowest BCUT2D eigenvalue weighted by Crippen LogP contribution is -2.15. The Morgan fingerprint density at radius 2 is 2.17 bits per heavy atom. The second-order valence-corrected chi connectivity index (χ2v) is 6.24. The normalized spacial score (nSPS) is 19.4. The highest BCUT2D eigenvalue weighted by Crippen LogP contribution is 2.51. The molecule has 2 aromatic heterocycles. The van der Waals surface area contributed by atoms with Gasteiger partial charge in [0.05, 0.1) is 16.9 Å². The van der Waals surface area contributed by atoms with Crippen molar-refractivity contribution in [3.63, 3.8) is 0 Å². The van der Waals surface area contributed by atoms with E-state index in [4.69, 9.17) is 11.6 Å². The summed E-state index contributed by atoms with van der Waals surface area (Å²) >= 11 is 5.80. The van der Waals surface area contributed by atoms with Crippen LogP contribution in [-0.4, -0.2) is 19.6 Å². The maximum atomic E-state index is 13.2. The number of aromatic hydroxyl groups is 1. The molecule has 5 nitrogen and oxygen atoms in total. The Bertz CT molecular complexity index is 965. The van der Waals surface area contributed by atoms with Crippen molar-refractivity contribution in [2.75, 3.05) is 0 Å². The number of aromatic amines is 1. The van der Waals surface area contributed by atoms with Crippen molar-refractivity contribution in [2.45, 2.75) is 18.4 Å². The summed E-state index contributed by atoms with van der Waals surface area (Å²) in [6.45, 7) is 0. The van der Waals surface area contributed by atoms with Gasteiger partial charge in [-0.15, -0.1) is 0 Å². The third-order valence-electron chi connectivity index (χ3n) is 4.31. The molecule has 1 fully saturated rings. The highest BCUT2D eigenvalue weighted by atomic mass is 35.5. The van der Waals surface area contributed by atoms with Gasteiger partial charge < -0.3 is 10.1 Å². The van der Waals surface area contributed by atoms with E-state index in [1.807, 2.05) is 12.1 Å². The summed E-state index contributed by atoms with van der Waals surface area (Å²) in [7, 11) is 0. The van der Waals surface area contributed by atoms with E-state index in [1.165, 1.54) is 22.9 Å². The molecular formula is C17H13ClFN3O2. The molecule has 1 aliphatic carbocycles. The molecule has 1 saturated carbocycles.